The Labute approximate surface area is 149 Å². The van der Waals surface area contributed by atoms with Gasteiger partial charge in [0.25, 0.3) is 5.91 Å². The first-order valence-electron chi connectivity index (χ1n) is 9.07. The zero-order valence-corrected chi connectivity index (χ0v) is 15.5. The fourth-order valence-electron chi connectivity index (χ4n) is 3.53. The predicted molar refractivity (Wildman–Crippen MR) is 95.8 cm³/mol. The molecule has 25 heavy (non-hydrogen) atoms. The number of ether oxygens (including phenoxy) is 2. The molecule has 0 aromatic heterocycles. The molecule has 1 aliphatic heterocycles. The third kappa shape index (κ3) is 3.80. The highest BCUT2D eigenvalue weighted by Crippen LogP contribution is 2.38. The summed E-state index contributed by atoms with van der Waals surface area (Å²) in [6.07, 6.45) is 3.97. The van der Waals surface area contributed by atoms with E-state index in [4.69, 9.17) is 9.47 Å². The molecule has 0 unspecified atom stereocenters. The quantitative estimate of drug-likeness (QED) is 0.785. The van der Waals surface area contributed by atoms with Gasteiger partial charge < -0.3 is 9.47 Å². The van der Waals surface area contributed by atoms with Crippen molar-refractivity contribution >= 4 is 17.6 Å². The van der Waals surface area contributed by atoms with E-state index in [1.807, 2.05) is 25.1 Å². The minimum Gasteiger partial charge on any atom is -0.476 e. The van der Waals surface area contributed by atoms with Crippen molar-refractivity contribution in [3.63, 3.8) is 0 Å². The van der Waals surface area contributed by atoms with Crippen molar-refractivity contribution in [2.45, 2.75) is 65.1 Å². The highest BCUT2D eigenvalue weighted by Gasteiger charge is 2.42. The lowest BCUT2D eigenvalue weighted by molar-refractivity contribution is -0.150. The number of hydrogen-bond donors (Lipinski definition) is 0. The van der Waals surface area contributed by atoms with Crippen LogP contribution in [0.1, 0.15) is 52.0 Å². The van der Waals surface area contributed by atoms with Crippen LogP contribution in [-0.2, 0) is 14.3 Å². The van der Waals surface area contributed by atoms with E-state index in [2.05, 4.69) is 6.92 Å². The van der Waals surface area contributed by atoms with Crippen molar-refractivity contribution in [2.24, 2.45) is 5.92 Å². The van der Waals surface area contributed by atoms with E-state index in [9.17, 15) is 9.59 Å². The maximum atomic E-state index is 12.8. The SMILES string of the molecule is Cc1ccc2c(c1)N(CC(=O)OC1CCC(C)CC1)C(=O)C(C)(C)O2. The van der Waals surface area contributed by atoms with Crippen LogP contribution in [0, 0.1) is 12.8 Å². The first-order chi connectivity index (χ1) is 11.8. The molecule has 1 aliphatic carbocycles. The average Bonchev–Trinajstić information content (AvgIpc) is 2.55. The first-order valence-corrected chi connectivity index (χ1v) is 9.07. The van der Waals surface area contributed by atoms with Crippen LogP contribution in [0.4, 0.5) is 5.69 Å². The molecule has 1 fully saturated rings. The number of carbonyl (C=O) groups excluding carboxylic acids is 2. The van der Waals surface area contributed by atoms with E-state index in [1.54, 1.807) is 13.8 Å². The molecular formula is C20H27NO4. The summed E-state index contributed by atoms with van der Waals surface area (Å²) in [6, 6.07) is 5.65. The fraction of sp³-hybridized carbons (Fsp3) is 0.600. The molecule has 136 valence electrons. The standard InChI is InChI=1S/C20H27NO4/c1-13-5-8-15(9-6-13)24-18(22)12-21-16-11-14(2)7-10-17(16)25-20(3,4)19(21)23/h7,10-11,13,15H,5-6,8-9,12H2,1-4H3. The van der Waals surface area contributed by atoms with Crippen LogP contribution in [0.15, 0.2) is 18.2 Å². The van der Waals surface area contributed by atoms with Crippen molar-refractivity contribution in [3.8, 4) is 5.75 Å². The maximum Gasteiger partial charge on any atom is 0.326 e. The molecule has 1 heterocycles. The van der Waals surface area contributed by atoms with Crippen molar-refractivity contribution in [3.05, 3.63) is 23.8 Å². The van der Waals surface area contributed by atoms with Gasteiger partial charge in [0.2, 0.25) is 0 Å². The Morgan fingerprint density at radius 3 is 2.64 bits per heavy atom. The molecular weight excluding hydrogens is 318 g/mol. The summed E-state index contributed by atoms with van der Waals surface area (Å²) < 4.78 is 11.4. The van der Waals surface area contributed by atoms with Gasteiger partial charge in [-0.1, -0.05) is 13.0 Å². The van der Waals surface area contributed by atoms with Gasteiger partial charge in [-0.25, -0.2) is 0 Å². The number of anilines is 1. The Morgan fingerprint density at radius 2 is 1.96 bits per heavy atom. The highest BCUT2D eigenvalue weighted by atomic mass is 16.5. The van der Waals surface area contributed by atoms with Crippen molar-refractivity contribution in [1.29, 1.82) is 0 Å². The van der Waals surface area contributed by atoms with Gasteiger partial charge in [0.1, 0.15) is 18.4 Å². The highest BCUT2D eigenvalue weighted by molar-refractivity contribution is 6.05. The van der Waals surface area contributed by atoms with Gasteiger partial charge in [-0.2, -0.15) is 0 Å². The summed E-state index contributed by atoms with van der Waals surface area (Å²) in [4.78, 5) is 26.7. The first kappa shape index (κ1) is 17.8. The fourth-order valence-corrected chi connectivity index (χ4v) is 3.53. The Hall–Kier alpha value is -2.04. The number of nitrogens with zero attached hydrogens (tertiary/aromatic N) is 1. The summed E-state index contributed by atoms with van der Waals surface area (Å²) in [7, 11) is 0. The van der Waals surface area contributed by atoms with Gasteiger partial charge >= 0.3 is 5.97 Å². The molecule has 0 spiro atoms. The van der Waals surface area contributed by atoms with Gasteiger partial charge in [0.15, 0.2) is 5.60 Å². The van der Waals surface area contributed by atoms with Crippen LogP contribution in [0.25, 0.3) is 0 Å². The smallest absolute Gasteiger partial charge is 0.326 e. The minimum absolute atomic E-state index is 0.0233. The van der Waals surface area contributed by atoms with Gasteiger partial charge in [0, 0.05) is 0 Å². The van der Waals surface area contributed by atoms with E-state index in [-0.39, 0.29) is 24.5 Å². The zero-order valence-electron chi connectivity index (χ0n) is 15.5. The maximum absolute atomic E-state index is 12.8. The normalized spacial score (nSPS) is 25.1. The molecule has 2 aliphatic rings. The summed E-state index contributed by atoms with van der Waals surface area (Å²) in [5.41, 5.74) is 0.649. The van der Waals surface area contributed by atoms with Gasteiger partial charge in [-0.3, -0.25) is 14.5 Å². The molecule has 1 amide bonds. The second kappa shape index (κ2) is 6.70. The van der Waals surface area contributed by atoms with Crippen LogP contribution >= 0.6 is 0 Å². The molecule has 0 saturated heterocycles. The number of aryl methyl sites for hydroxylation is 1. The number of esters is 1. The molecule has 0 bridgehead atoms. The third-order valence-electron chi connectivity index (χ3n) is 5.08. The van der Waals surface area contributed by atoms with E-state index in [0.29, 0.717) is 17.4 Å². The number of rotatable bonds is 3. The van der Waals surface area contributed by atoms with Gasteiger partial charge in [-0.05, 0) is 70.1 Å². The van der Waals surface area contributed by atoms with Crippen LogP contribution in [0.3, 0.4) is 0 Å². The molecule has 5 heteroatoms. The van der Waals surface area contributed by atoms with Crippen LogP contribution in [0.5, 0.6) is 5.75 Å². The largest absolute Gasteiger partial charge is 0.476 e. The summed E-state index contributed by atoms with van der Waals surface area (Å²) in [6.45, 7) is 7.54. The molecule has 1 aromatic rings. The Kier molecular flexibility index (Phi) is 4.76. The van der Waals surface area contributed by atoms with E-state index in [1.165, 1.54) is 4.90 Å². The van der Waals surface area contributed by atoms with E-state index < -0.39 is 5.60 Å². The Morgan fingerprint density at radius 1 is 1.28 bits per heavy atom. The Balaban J connectivity index is 1.75. The summed E-state index contributed by atoms with van der Waals surface area (Å²) in [5, 5.41) is 0. The molecule has 0 N–H and O–H groups in total. The predicted octanol–water partition coefficient (Wildman–Crippen LogP) is 3.62. The van der Waals surface area contributed by atoms with Crippen molar-refractivity contribution in [1.82, 2.24) is 0 Å². The van der Waals surface area contributed by atoms with E-state index in [0.717, 1.165) is 31.2 Å². The van der Waals surface area contributed by atoms with Crippen molar-refractivity contribution in [2.75, 3.05) is 11.4 Å². The molecule has 5 nitrogen and oxygen atoms in total. The second-order valence-electron chi connectivity index (χ2n) is 7.85. The van der Waals surface area contributed by atoms with E-state index >= 15 is 0 Å². The second-order valence-corrected chi connectivity index (χ2v) is 7.85. The molecule has 3 rings (SSSR count). The topological polar surface area (TPSA) is 55.8 Å². The average molecular weight is 345 g/mol. The Bertz CT molecular complexity index is 674. The van der Waals surface area contributed by atoms with Crippen LogP contribution in [0.2, 0.25) is 0 Å². The van der Waals surface area contributed by atoms with Gasteiger partial charge in [0.05, 0.1) is 5.69 Å². The van der Waals surface area contributed by atoms with Crippen molar-refractivity contribution < 1.29 is 19.1 Å². The van der Waals surface area contributed by atoms with Gasteiger partial charge in [-0.15, -0.1) is 0 Å². The number of fused-ring (bicyclic) bond motifs is 1. The molecule has 0 atom stereocenters. The number of amides is 1. The monoisotopic (exact) mass is 345 g/mol. The lowest BCUT2D eigenvalue weighted by Gasteiger charge is -2.38. The number of carbonyl (C=O) groups is 2. The summed E-state index contributed by atoms with van der Waals surface area (Å²) >= 11 is 0. The zero-order chi connectivity index (χ0) is 18.2. The molecule has 1 aromatic carbocycles. The molecule has 1 saturated carbocycles. The van der Waals surface area contributed by atoms with Crippen LogP contribution < -0.4 is 9.64 Å². The molecule has 0 radical (unpaired) electrons. The third-order valence-corrected chi connectivity index (χ3v) is 5.08. The number of hydrogen-bond acceptors (Lipinski definition) is 4. The lowest BCUT2D eigenvalue weighted by atomic mass is 9.89. The summed E-state index contributed by atoms with van der Waals surface area (Å²) in [5.74, 6) is 0.749. The minimum atomic E-state index is -0.997. The number of benzene rings is 1. The lowest BCUT2D eigenvalue weighted by Crippen LogP contribution is -2.54. The van der Waals surface area contributed by atoms with Crippen LogP contribution in [-0.4, -0.2) is 30.1 Å².